The normalized spacial score (nSPS) is 27.4. The van der Waals surface area contributed by atoms with Gasteiger partial charge in [-0.05, 0) is 42.8 Å². The molecule has 2 unspecified atom stereocenters. The van der Waals surface area contributed by atoms with Gasteiger partial charge in [-0.1, -0.05) is 27.2 Å². The lowest BCUT2D eigenvalue weighted by molar-refractivity contribution is 0.144. The Balaban J connectivity index is 2.45. The van der Waals surface area contributed by atoms with E-state index in [0.29, 0.717) is 23.5 Å². The fourth-order valence-corrected chi connectivity index (χ4v) is 3.17. The number of aliphatic hydroxyl groups is 1. The lowest BCUT2D eigenvalue weighted by Crippen LogP contribution is -2.42. The van der Waals surface area contributed by atoms with Crippen LogP contribution in [-0.2, 0) is 4.43 Å². The molecule has 0 saturated heterocycles. The van der Waals surface area contributed by atoms with E-state index in [2.05, 4.69) is 33.9 Å². The molecule has 3 heteroatoms. The highest BCUT2D eigenvalue weighted by molar-refractivity contribution is 6.74. The highest BCUT2D eigenvalue weighted by Crippen LogP contribution is 2.38. The third-order valence-electron chi connectivity index (χ3n) is 4.52. The van der Waals surface area contributed by atoms with Crippen molar-refractivity contribution in [2.75, 3.05) is 13.2 Å². The maximum absolute atomic E-state index is 9.28. The minimum Gasteiger partial charge on any atom is -0.417 e. The summed E-state index contributed by atoms with van der Waals surface area (Å²) in [6, 6.07) is 0. The summed E-state index contributed by atoms with van der Waals surface area (Å²) in [4.78, 5) is 0. The van der Waals surface area contributed by atoms with Crippen LogP contribution in [0.4, 0.5) is 0 Å². The van der Waals surface area contributed by atoms with Crippen molar-refractivity contribution in [2.45, 2.75) is 58.2 Å². The van der Waals surface area contributed by atoms with Gasteiger partial charge in [0.25, 0.3) is 0 Å². The quantitative estimate of drug-likeness (QED) is 0.768. The first kappa shape index (κ1) is 14.2. The maximum Gasteiger partial charge on any atom is 0.191 e. The van der Waals surface area contributed by atoms with Crippen LogP contribution in [0.2, 0.25) is 18.1 Å². The van der Waals surface area contributed by atoms with E-state index in [1.54, 1.807) is 0 Å². The molecular weight excluding hydrogens is 216 g/mol. The Labute approximate surface area is 102 Å². The summed E-state index contributed by atoms with van der Waals surface area (Å²) >= 11 is 0. The van der Waals surface area contributed by atoms with Crippen LogP contribution in [0, 0.1) is 11.8 Å². The molecular formula is C13H28O2Si. The Hall–Kier alpha value is 0.137. The third-order valence-corrected chi connectivity index (χ3v) is 9.02. The molecule has 1 aliphatic rings. The zero-order chi connectivity index (χ0) is 12.4. The van der Waals surface area contributed by atoms with E-state index in [1.165, 1.54) is 19.3 Å². The molecule has 0 aromatic rings. The zero-order valence-corrected chi connectivity index (χ0v) is 12.5. The summed E-state index contributed by atoms with van der Waals surface area (Å²) in [5, 5.41) is 9.57. The first-order valence-electron chi connectivity index (χ1n) is 6.53. The second kappa shape index (κ2) is 5.19. The van der Waals surface area contributed by atoms with Crippen LogP contribution >= 0.6 is 0 Å². The monoisotopic (exact) mass is 244 g/mol. The van der Waals surface area contributed by atoms with Gasteiger partial charge in [0, 0.05) is 13.2 Å². The highest BCUT2D eigenvalue weighted by Gasteiger charge is 2.38. The van der Waals surface area contributed by atoms with Crippen LogP contribution in [0.25, 0.3) is 0 Å². The van der Waals surface area contributed by atoms with Crippen LogP contribution in [-0.4, -0.2) is 26.6 Å². The topological polar surface area (TPSA) is 29.5 Å². The van der Waals surface area contributed by atoms with Crippen molar-refractivity contribution in [1.29, 1.82) is 0 Å². The van der Waals surface area contributed by atoms with E-state index in [0.717, 1.165) is 6.61 Å². The maximum atomic E-state index is 9.28. The lowest BCUT2D eigenvalue weighted by Gasteiger charge is -2.37. The van der Waals surface area contributed by atoms with Crippen molar-refractivity contribution in [2.24, 2.45) is 11.8 Å². The molecule has 0 aliphatic heterocycles. The molecule has 1 saturated carbocycles. The predicted octanol–water partition coefficient (Wildman–Crippen LogP) is 3.42. The molecule has 96 valence electrons. The highest BCUT2D eigenvalue weighted by atomic mass is 28.4. The van der Waals surface area contributed by atoms with Gasteiger partial charge in [0.05, 0.1) is 0 Å². The Morgan fingerprint density at radius 2 is 1.75 bits per heavy atom. The molecule has 1 rings (SSSR count). The molecule has 0 radical (unpaired) electrons. The summed E-state index contributed by atoms with van der Waals surface area (Å²) in [6.07, 6.45) is 3.68. The Morgan fingerprint density at radius 3 is 2.25 bits per heavy atom. The predicted molar refractivity (Wildman–Crippen MR) is 71.1 cm³/mol. The van der Waals surface area contributed by atoms with Crippen molar-refractivity contribution in [3.05, 3.63) is 0 Å². The first-order chi connectivity index (χ1) is 7.28. The van der Waals surface area contributed by atoms with E-state index in [9.17, 15) is 5.11 Å². The second-order valence-corrected chi connectivity index (χ2v) is 11.5. The smallest absolute Gasteiger partial charge is 0.191 e. The summed E-state index contributed by atoms with van der Waals surface area (Å²) < 4.78 is 6.24. The standard InChI is InChI=1S/C13H28O2Si/c1-13(2,3)16(4,5)15-10-12-8-6-7-11(12)9-14/h11-12,14H,6-10H2,1-5H3. The minimum atomic E-state index is -1.60. The van der Waals surface area contributed by atoms with Crippen molar-refractivity contribution in [3.63, 3.8) is 0 Å². The molecule has 1 fully saturated rings. The van der Waals surface area contributed by atoms with E-state index in [-0.39, 0.29) is 0 Å². The SMILES string of the molecule is CC(C)(C)[Si](C)(C)OCC1CCCC1CO. The molecule has 0 aromatic carbocycles. The summed E-state index contributed by atoms with van der Waals surface area (Å²) in [5.74, 6) is 1.09. The minimum absolute atomic E-state index is 0.292. The second-order valence-electron chi connectivity index (χ2n) is 6.70. The summed E-state index contributed by atoms with van der Waals surface area (Å²) in [6.45, 7) is 12.6. The summed E-state index contributed by atoms with van der Waals surface area (Å²) in [5.41, 5.74) is 0. The van der Waals surface area contributed by atoms with E-state index in [1.807, 2.05) is 0 Å². The van der Waals surface area contributed by atoms with Gasteiger partial charge < -0.3 is 9.53 Å². The largest absolute Gasteiger partial charge is 0.417 e. The molecule has 16 heavy (non-hydrogen) atoms. The average Bonchev–Trinajstić information content (AvgIpc) is 2.60. The lowest BCUT2D eigenvalue weighted by atomic mass is 9.98. The number of aliphatic hydroxyl groups excluding tert-OH is 1. The first-order valence-corrected chi connectivity index (χ1v) is 9.43. The van der Waals surface area contributed by atoms with Gasteiger partial charge in [0.15, 0.2) is 8.32 Å². The molecule has 1 N–H and O–H groups in total. The number of hydrogen-bond donors (Lipinski definition) is 1. The van der Waals surface area contributed by atoms with Gasteiger partial charge >= 0.3 is 0 Å². The van der Waals surface area contributed by atoms with Crippen LogP contribution in [0.3, 0.4) is 0 Å². The average molecular weight is 244 g/mol. The van der Waals surface area contributed by atoms with Crippen molar-refractivity contribution >= 4 is 8.32 Å². The fraction of sp³-hybridized carbons (Fsp3) is 1.00. The van der Waals surface area contributed by atoms with Gasteiger partial charge in [-0.3, -0.25) is 0 Å². The molecule has 0 aromatic heterocycles. The molecule has 0 heterocycles. The molecule has 0 spiro atoms. The van der Waals surface area contributed by atoms with Crippen molar-refractivity contribution in [3.8, 4) is 0 Å². The van der Waals surface area contributed by atoms with E-state index >= 15 is 0 Å². The number of rotatable bonds is 4. The number of hydrogen-bond acceptors (Lipinski definition) is 2. The Bertz CT molecular complexity index is 220. The Kier molecular flexibility index (Phi) is 4.61. The summed E-state index contributed by atoms with van der Waals surface area (Å²) in [7, 11) is -1.60. The molecule has 0 amide bonds. The van der Waals surface area contributed by atoms with E-state index < -0.39 is 8.32 Å². The van der Waals surface area contributed by atoms with Gasteiger partial charge in [-0.2, -0.15) is 0 Å². The Morgan fingerprint density at radius 1 is 1.19 bits per heavy atom. The molecule has 1 aliphatic carbocycles. The van der Waals surface area contributed by atoms with Crippen molar-refractivity contribution < 1.29 is 9.53 Å². The van der Waals surface area contributed by atoms with Crippen LogP contribution in [0.1, 0.15) is 40.0 Å². The van der Waals surface area contributed by atoms with Crippen LogP contribution in [0.5, 0.6) is 0 Å². The van der Waals surface area contributed by atoms with Gasteiger partial charge in [-0.25, -0.2) is 0 Å². The van der Waals surface area contributed by atoms with Gasteiger partial charge in [0.1, 0.15) is 0 Å². The van der Waals surface area contributed by atoms with Crippen molar-refractivity contribution in [1.82, 2.24) is 0 Å². The third kappa shape index (κ3) is 3.31. The molecule has 2 nitrogen and oxygen atoms in total. The molecule has 2 atom stereocenters. The van der Waals surface area contributed by atoms with Gasteiger partial charge in [-0.15, -0.1) is 0 Å². The zero-order valence-electron chi connectivity index (χ0n) is 11.5. The van der Waals surface area contributed by atoms with Gasteiger partial charge in [0.2, 0.25) is 0 Å². The van der Waals surface area contributed by atoms with Crippen LogP contribution in [0.15, 0.2) is 0 Å². The van der Waals surface area contributed by atoms with E-state index in [4.69, 9.17) is 4.43 Å². The van der Waals surface area contributed by atoms with Crippen LogP contribution < -0.4 is 0 Å². The molecule has 0 bridgehead atoms. The fourth-order valence-electron chi connectivity index (χ4n) is 2.11.